The molecular weight excluding hydrogens is 272 g/mol. The van der Waals surface area contributed by atoms with Gasteiger partial charge in [-0.15, -0.1) is 0 Å². The fraction of sp³-hybridized carbons (Fsp3) is 0.533. The minimum Gasteiger partial charge on any atom is -0.396 e. The van der Waals surface area contributed by atoms with Crippen molar-refractivity contribution < 1.29 is 10.2 Å². The molecule has 0 bridgehead atoms. The van der Waals surface area contributed by atoms with Crippen LogP contribution in [0.4, 0.5) is 0 Å². The zero-order valence-electron chi connectivity index (χ0n) is 12.1. The highest BCUT2D eigenvalue weighted by Gasteiger charge is 2.16. The van der Waals surface area contributed by atoms with Gasteiger partial charge in [0.1, 0.15) is 4.99 Å². The average Bonchev–Trinajstić information content (AvgIpc) is 2.42. The third-order valence-corrected chi connectivity index (χ3v) is 3.56. The quantitative estimate of drug-likeness (QED) is 0.633. The Morgan fingerprint density at radius 2 is 1.90 bits per heavy atom. The van der Waals surface area contributed by atoms with Crippen LogP contribution in [0.1, 0.15) is 37.5 Å². The van der Waals surface area contributed by atoms with E-state index in [0.717, 1.165) is 17.7 Å². The van der Waals surface area contributed by atoms with Crippen molar-refractivity contribution in [1.82, 2.24) is 4.90 Å². The molecule has 0 amide bonds. The topological polar surface area (TPSA) is 69.7 Å². The molecule has 0 fully saturated rings. The number of thiocarbonyl (C=S) groups is 1. The molecule has 0 saturated heterocycles. The largest absolute Gasteiger partial charge is 0.396 e. The zero-order chi connectivity index (χ0) is 15.1. The molecule has 0 aliphatic heterocycles. The number of hydrogen-bond acceptors (Lipinski definition) is 4. The predicted octanol–water partition coefficient (Wildman–Crippen LogP) is 1.45. The molecular formula is C15H24N2O2S. The van der Waals surface area contributed by atoms with Crippen LogP contribution in [0.25, 0.3) is 0 Å². The summed E-state index contributed by atoms with van der Waals surface area (Å²) in [5.74, 6) is 0. The number of aliphatic hydroxyl groups is 2. The highest BCUT2D eigenvalue weighted by Crippen LogP contribution is 2.16. The molecule has 4 nitrogen and oxygen atoms in total. The van der Waals surface area contributed by atoms with Crippen molar-refractivity contribution in [1.29, 1.82) is 0 Å². The van der Waals surface area contributed by atoms with Crippen molar-refractivity contribution in [2.75, 3.05) is 19.7 Å². The molecule has 5 heteroatoms. The van der Waals surface area contributed by atoms with E-state index >= 15 is 0 Å². The standard InChI is InChI=1S/C15H24N2O2S/c1-11(2)17(8-3-9-18)10-14(19)12-4-6-13(7-5-12)15(16)20/h4-7,11,14,18-19H,3,8-10H2,1-2H3,(H2,16,20). The van der Waals surface area contributed by atoms with E-state index in [1.54, 1.807) is 0 Å². The third kappa shape index (κ3) is 5.17. The van der Waals surface area contributed by atoms with Crippen LogP contribution in [0.15, 0.2) is 24.3 Å². The molecule has 0 radical (unpaired) electrons. The SMILES string of the molecule is CC(C)N(CCCO)CC(O)c1ccc(C(N)=S)cc1. The van der Waals surface area contributed by atoms with Gasteiger partial charge in [-0.1, -0.05) is 36.5 Å². The maximum atomic E-state index is 10.3. The van der Waals surface area contributed by atoms with E-state index in [4.69, 9.17) is 23.1 Å². The molecule has 0 aliphatic carbocycles. The Morgan fingerprint density at radius 3 is 2.35 bits per heavy atom. The van der Waals surface area contributed by atoms with Gasteiger partial charge in [-0.25, -0.2) is 0 Å². The van der Waals surface area contributed by atoms with Gasteiger partial charge in [0.05, 0.1) is 6.10 Å². The fourth-order valence-electron chi connectivity index (χ4n) is 2.03. The Kier molecular flexibility index (Phi) is 7.09. The molecule has 0 aromatic heterocycles. The molecule has 0 spiro atoms. The summed E-state index contributed by atoms with van der Waals surface area (Å²) in [5.41, 5.74) is 7.20. The van der Waals surface area contributed by atoms with Crippen molar-refractivity contribution in [3.8, 4) is 0 Å². The average molecular weight is 296 g/mol. The van der Waals surface area contributed by atoms with Crippen LogP contribution in [-0.2, 0) is 0 Å². The molecule has 0 aliphatic rings. The smallest absolute Gasteiger partial charge is 0.103 e. The van der Waals surface area contributed by atoms with Crippen LogP contribution in [-0.4, -0.2) is 45.8 Å². The van der Waals surface area contributed by atoms with Crippen molar-refractivity contribution in [2.24, 2.45) is 5.73 Å². The Balaban J connectivity index is 2.67. The molecule has 1 aromatic carbocycles. The van der Waals surface area contributed by atoms with E-state index in [2.05, 4.69) is 18.7 Å². The monoisotopic (exact) mass is 296 g/mol. The van der Waals surface area contributed by atoms with Crippen LogP contribution in [0.3, 0.4) is 0 Å². The van der Waals surface area contributed by atoms with Gasteiger partial charge in [-0.05, 0) is 25.8 Å². The lowest BCUT2D eigenvalue weighted by molar-refractivity contribution is 0.0903. The molecule has 1 unspecified atom stereocenters. The maximum absolute atomic E-state index is 10.3. The lowest BCUT2D eigenvalue weighted by Crippen LogP contribution is -2.35. The second-order valence-electron chi connectivity index (χ2n) is 5.17. The van der Waals surface area contributed by atoms with E-state index in [-0.39, 0.29) is 6.61 Å². The minimum absolute atomic E-state index is 0.169. The Labute approximate surface area is 126 Å². The van der Waals surface area contributed by atoms with Gasteiger partial charge in [-0.2, -0.15) is 0 Å². The number of nitrogens with zero attached hydrogens (tertiary/aromatic N) is 1. The van der Waals surface area contributed by atoms with E-state index in [0.29, 0.717) is 24.0 Å². The lowest BCUT2D eigenvalue weighted by Gasteiger charge is -2.28. The van der Waals surface area contributed by atoms with Gasteiger partial charge >= 0.3 is 0 Å². The summed E-state index contributed by atoms with van der Waals surface area (Å²) in [5, 5.41) is 19.2. The Bertz CT molecular complexity index is 420. The highest BCUT2D eigenvalue weighted by atomic mass is 32.1. The zero-order valence-corrected chi connectivity index (χ0v) is 12.9. The van der Waals surface area contributed by atoms with Gasteiger partial charge in [0, 0.05) is 31.3 Å². The fourth-order valence-corrected chi connectivity index (χ4v) is 2.17. The Morgan fingerprint density at radius 1 is 1.30 bits per heavy atom. The predicted molar refractivity (Wildman–Crippen MR) is 85.7 cm³/mol. The molecule has 20 heavy (non-hydrogen) atoms. The van der Waals surface area contributed by atoms with E-state index < -0.39 is 6.10 Å². The van der Waals surface area contributed by atoms with Crippen molar-refractivity contribution >= 4 is 17.2 Å². The summed E-state index contributed by atoms with van der Waals surface area (Å²) in [7, 11) is 0. The number of benzene rings is 1. The van der Waals surface area contributed by atoms with Gasteiger partial charge in [0.2, 0.25) is 0 Å². The van der Waals surface area contributed by atoms with Crippen LogP contribution >= 0.6 is 12.2 Å². The van der Waals surface area contributed by atoms with E-state index in [9.17, 15) is 5.11 Å². The molecule has 4 N–H and O–H groups in total. The van der Waals surface area contributed by atoms with Gasteiger partial charge in [0.15, 0.2) is 0 Å². The summed E-state index contributed by atoms with van der Waals surface area (Å²) < 4.78 is 0. The van der Waals surface area contributed by atoms with Crippen molar-refractivity contribution in [3.63, 3.8) is 0 Å². The molecule has 1 atom stereocenters. The first-order valence-corrected chi connectivity index (χ1v) is 7.29. The second-order valence-corrected chi connectivity index (χ2v) is 5.61. The van der Waals surface area contributed by atoms with Gasteiger partial charge < -0.3 is 15.9 Å². The summed E-state index contributed by atoms with van der Waals surface area (Å²) in [6, 6.07) is 7.68. The highest BCUT2D eigenvalue weighted by molar-refractivity contribution is 7.80. The van der Waals surface area contributed by atoms with E-state index in [1.807, 2.05) is 24.3 Å². The van der Waals surface area contributed by atoms with Crippen LogP contribution in [0, 0.1) is 0 Å². The van der Waals surface area contributed by atoms with E-state index in [1.165, 1.54) is 0 Å². The summed E-state index contributed by atoms with van der Waals surface area (Å²) in [6.45, 7) is 5.66. The summed E-state index contributed by atoms with van der Waals surface area (Å²) in [4.78, 5) is 2.51. The van der Waals surface area contributed by atoms with Crippen LogP contribution in [0.2, 0.25) is 0 Å². The number of aliphatic hydroxyl groups excluding tert-OH is 2. The summed E-state index contributed by atoms with van der Waals surface area (Å²) >= 11 is 4.91. The molecule has 0 heterocycles. The normalized spacial score (nSPS) is 12.9. The molecule has 1 aromatic rings. The molecule has 0 saturated carbocycles. The second kappa shape index (κ2) is 8.32. The van der Waals surface area contributed by atoms with Gasteiger partial charge in [-0.3, -0.25) is 4.90 Å². The first-order chi connectivity index (χ1) is 9.45. The molecule has 1 rings (SSSR count). The number of nitrogens with two attached hydrogens (primary N) is 1. The third-order valence-electron chi connectivity index (χ3n) is 3.32. The number of hydrogen-bond donors (Lipinski definition) is 3. The molecule has 112 valence electrons. The first-order valence-electron chi connectivity index (χ1n) is 6.88. The van der Waals surface area contributed by atoms with Crippen LogP contribution in [0.5, 0.6) is 0 Å². The van der Waals surface area contributed by atoms with Crippen LogP contribution < -0.4 is 5.73 Å². The first kappa shape index (κ1) is 17.0. The minimum atomic E-state index is -0.559. The van der Waals surface area contributed by atoms with Crippen molar-refractivity contribution in [3.05, 3.63) is 35.4 Å². The maximum Gasteiger partial charge on any atom is 0.103 e. The van der Waals surface area contributed by atoms with Gasteiger partial charge in [0.25, 0.3) is 0 Å². The Hall–Kier alpha value is -1.01. The lowest BCUT2D eigenvalue weighted by atomic mass is 10.1. The van der Waals surface area contributed by atoms with Crippen molar-refractivity contribution in [2.45, 2.75) is 32.4 Å². The number of rotatable bonds is 8. The summed E-state index contributed by atoms with van der Waals surface area (Å²) in [6.07, 6.45) is 0.155.